The molecule has 0 atom stereocenters. The predicted molar refractivity (Wildman–Crippen MR) is 90.7 cm³/mol. The van der Waals surface area contributed by atoms with E-state index >= 15 is 0 Å². The smallest absolute Gasteiger partial charge is 0.0334 e. The molecule has 0 spiro atoms. The van der Waals surface area contributed by atoms with Gasteiger partial charge in [0.05, 0.1) is 0 Å². The highest BCUT2D eigenvalue weighted by atomic mass is 32.1. The van der Waals surface area contributed by atoms with Gasteiger partial charge >= 0.3 is 0 Å². The Labute approximate surface area is 131 Å². The van der Waals surface area contributed by atoms with Crippen molar-refractivity contribution in [1.29, 1.82) is 0 Å². The van der Waals surface area contributed by atoms with E-state index < -0.39 is 0 Å². The molecule has 3 rings (SSSR count). The molecule has 1 aromatic carbocycles. The molecule has 112 valence electrons. The van der Waals surface area contributed by atoms with Crippen LogP contribution in [-0.2, 0) is 19.5 Å². The van der Waals surface area contributed by atoms with E-state index in [1.165, 1.54) is 28.8 Å². The minimum atomic E-state index is 0.796. The van der Waals surface area contributed by atoms with Crippen molar-refractivity contribution < 1.29 is 0 Å². The summed E-state index contributed by atoms with van der Waals surface area (Å²) in [5.74, 6) is 0. The standard InChI is InChI=1S/C18H24N2S/c1-19-11-10-15-5-2-3-6-16(15)13-20(17-8-9-17)14-18-7-4-12-21-18/h2-7,12,17,19H,8-11,13-14H2,1H3. The minimum absolute atomic E-state index is 0.796. The van der Waals surface area contributed by atoms with Gasteiger partial charge in [0.15, 0.2) is 0 Å². The average molecular weight is 300 g/mol. The fraction of sp³-hybridized carbons (Fsp3) is 0.444. The van der Waals surface area contributed by atoms with Crippen molar-refractivity contribution in [1.82, 2.24) is 10.2 Å². The number of rotatable bonds is 8. The van der Waals surface area contributed by atoms with Crippen LogP contribution in [0.1, 0.15) is 28.8 Å². The molecule has 0 aliphatic heterocycles. The van der Waals surface area contributed by atoms with Crippen molar-refractivity contribution in [2.45, 2.75) is 38.4 Å². The zero-order chi connectivity index (χ0) is 14.5. The summed E-state index contributed by atoms with van der Waals surface area (Å²) >= 11 is 1.87. The van der Waals surface area contributed by atoms with Crippen LogP contribution in [0.2, 0.25) is 0 Å². The molecule has 1 aliphatic rings. The van der Waals surface area contributed by atoms with E-state index in [2.05, 4.69) is 52.0 Å². The van der Waals surface area contributed by atoms with Crippen LogP contribution in [-0.4, -0.2) is 24.5 Å². The second kappa shape index (κ2) is 7.21. The average Bonchev–Trinajstić information content (AvgIpc) is 3.23. The molecule has 0 bridgehead atoms. The molecule has 21 heavy (non-hydrogen) atoms. The largest absolute Gasteiger partial charge is 0.319 e. The number of nitrogens with one attached hydrogen (secondary N) is 1. The van der Waals surface area contributed by atoms with Crippen LogP contribution in [0.3, 0.4) is 0 Å². The molecule has 1 N–H and O–H groups in total. The van der Waals surface area contributed by atoms with Crippen molar-refractivity contribution in [2.75, 3.05) is 13.6 Å². The highest BCUT2D eigenvalue weighted by Gasteiger charge is 2.29. The third-order valence-electron chi connectivity index (χ3n) is 4.14. The van der Waals surface area contributed by atoms with E-state index in [9.17, 15) is 0 Å². The zero-order valence-electron chi connectivity index (χ0n) is 12.7. The van der Waals surface area contributed by atoms with Crippen molar-refractivity contribution in [2.24, 2.45) is 0 Å². The number of hydrogen-bond acceptors (Lipinski definition) is 3. The molecule has 3 heteroatoms. The van der Waals surface area contributed by atoms with Gasteiger partial charge in [0.1, 0.15) is 0 Å². The highest BCUT2D eigenvalue weighted by molar-refractivity contribution is 7.09. The summed E-state index contributed by atoms with van der Waals surface area (Å²) in [5, 5.41) is 5.44. The highest BCUT2D eigenvalue weighted by Crippen LogP contribution is 2.31. The molecular weight excluding hydrogens is 276 g/mol. The molecule has 0 radical (unpaired) electrons. The first-order valence-corrected chi connectivity index (χ1v) is 8.72. The minimum Gasteiger partial charge on any atom is -0.319 e. The van der Waals surface area contributed by atoms with E-state index in [1.54, 1.807) is 0 Å². The molecule has 0 saturated heterocycles. The maximum absolute atomic E-state index is 3.26. The Balaban J connectivity index is 1.70. The topological polar surface area (TPSA) is 15.3 Å². The van der Waals surface area contributed by atoms with Crippen LogP contribution in [0, 0.1) is 0 Å². The van der Waals surface area contributed by atoms with E-state index in [4.69, 9.17) is 0 Å². The SMILES string of the molecule is CNCCc1ccccc1CN(Cc1cccs1)C1CC1. The summed E-state index contributed by atoms with van der Waals surface area (Å²) in [6, 6.07) is 14.1. The van der Waals surface area contributed by atoms with Gasteiger partial charge in [-0.05, 0) is 55.4 Å². The second-order valence-corrected chi connectivity index (χ2v) is 6.87. The molecule has 0 unspecified atom stereocenters. The van der Waals surface area contributed by atoms with Gasteiger partial charge in [-0.2, -0.15) is 0 Å². The first kappa shape index (κ1) is 14.8. The van der Waals surface area contributed by atoms with Gasteiger partial charge in [-0.1, -0.05) is 30.3 Å². The Hall–Kier alpha value is -1.16. The fourth-order valence-corrected chi connectivity index (χ4v) is 3.52. The summed E-state index contributed by atoms with van der Waals surface area (Å²) in [4.78, 5) is 4.14. The van der Waals surface area contributed by atoms with Gasteiger partial charge in [-0.15, -0.1) is 11.3 Å². The number of benzene rings is 1. The number of hydrogen-bond donors (Lipinski definition) is 1. The normalized spacial score (nSPS) is 14.8. The molecule has 1 fully saturated rings. The van der Waals surface area contributed by atoms with Crippen LogP contribution in [0.15, 0.2) is 41.8 Å². The Kier molecular flexibility index (Phi) is 5.07. The molecule has 1 saturated carbocycles. The Morgan fingerprint density at radius 3 is 2.57 bits per heavy atom. The lowest BCUT2D eigenvalue weighted by Crippen LogP contribution is -2.25. The lowest BCUT2D eigenvalue weighted by atomic mass is 10.0. The Morgan fingerprint density at radius 1 is 1.10 bits per heavy atom. The fourth-order valence-electron chi connectivity index (χ4n) is 2.79. The summed E-state index contributed by atoms with van der Waals surface area (Å²) in [5.41, 5.74) is 2.99. The van der Waals surface area contributed by atoms with Crippen molar-refractivity contribution >= 4 is 11.3 Å². The van der Waals surface area contributed by atoms with E-state index in [-0.39, 0.29) is 0 Å². The van der Waals surface area contributed by atoms with Gasteiger partial charge in [0.25, 0.3) is 0 Å². The maximum Gasteiger partial charge on any atom is 0.0334 e. The quantitative estimate of drug-likeness (QED) is 0.800. The molecular formula is C18H24N2S. The van der Waals surface area contributed by atoms with Crippen LogP contribution in [0.25, 0.3) is 0 Å². The summed E-state index contributed by atoms with van der Waals surface area (Å²) in [6.07, 6.45) is 3.85. The molecule has 2 aromatic rings. The molecule has 1 aliphatic carbocycles. The third-order valence-corrected chi connectivity index (χ3v) is 5.00. The van der Waals surface area contributed by atoms with Crippen molar-refractivity contribution in [3.63, 3.8) is 0 Å². The van der Waals surface area contributed by atoms with E-state index in [0.717, 1.165) is 32.1 Å². The molecule has 0 amide bonds. The number of nitrogens with zero attached hydrogens (tertiary/aromatic N) is 1. The monoisotopic (exact) mass is 300 g/mol. The zero-order valence-corrected chi connectivity index (χ0v) is 13.5. The van der Waals surface area contributed by atoms with Gasteiger partial charge in [0, 0.05) is 24.0 Å². The maximum atomic E-state index is 3.26. The lowest BCUT2D eigenvalue weighted by Gasteiger charge is -2.23. The van der Waals surface area contributed by atoms with Crippen molar-refractivity contribution in [3.8, 4) is 0 Å². The van der Waals surface area contributed by atoms with Crippen LogP contribution >= 0.6 is 11.3 Å². The van der Waals surface area contributed by atoms with Crippen LogP contribution in [0.5, 0.6) is 0 Å². The Morgan fingerprint density at radius 2 is 1.90 bits per heavy atom. The predicted octanol–water partition coefficient (Wildman–Crippen LogP) is 3.67. The number of thiophene rings is 1. The first-order valence-electron chi connectivity index (χ1n) is 7.84. The lowest BCUT2D eigenvalue weighted by molar-refractivity contribution is 0.247. The van der Waals surface area contributed by atoms with Gasteiger partial charge in [-0.25, -0.2) is 0 Å². The number of likely N-dealkylation sites (N-methyl/N-ethyl adjacent to an activating group) is 1. The van der Waals surface area contributed by atoms with Crippen LogP contribution < -0.4 is 5.32 Å². The van der Waals surface area contributed by atoms with Gasteiger partial charge in [0.2, 0.25) is 0 Å². The van der Waals surface area contributed by atoms with Gasteiger partial charge in [-0.3, -0.25) is 4.90 Å². The van der Waals surface area contributed by atoms with Crippen LogP contribution in [0.4, 0.5) is 0 Å². The summed E-state index contributed by atoms with van der Waals surface area (Å²) in [6.45, 7) is 3.23. The summed E-state index contributed by atoms with van der Waals surface area (Å²) in [7, 11) is 2.02. The molecule has 1 aromatic heterocycles. The van der Waals surface area contributed by atoms with Crippen molar-refractivity contribution in [3.05, 3.63) is 57.8 Å². The molecule has 1 heterocycles. The first-order chi connectivity index (χ1) is 10.4. The Bertz CT molecular complexity index is 546. The summed E-state index contributed by atoms with van der Waals surface area (Å²) < 4.78 is 0. The van der Waals surface area contributed by atoms with E-state index in [0.29, 0.717) is 0 Å². The second-order valence-electron chi connectivity index (χ2n) is 5.84. The molecule has 2 nitrogen and oxygen atoms in total. The van der Waals surface area contributed by atoms with E-state index in [1.807, 2.05) is 18.4 Å². The van der Waals surface area contributed by atoms with Gasteiger partial charge < -0.3 is 5.32 Å². The third kappa shape index (κ3) is 4.16.